The van der Waals surface area contributed by atoms with E-state index in [1.807, 2.05) is 61.5 Å². The number of benzene rings is 12. The van der Waals surface area contributed by atoms with Gasteiger partial charge >= 0.3 is 6.11 Å². The van der Waals surface area contributed by atoms with Crippen LogP contribution in [0.25, 0.3) is 66.8 Å². The van der Waals surface area contributed by atoms with Crippen LogP contribution in [-0.4, -0.2) is 0 Å². The van der Waals surface area contributed by atoms with Crippen molar-refractivity contribution in [3.05, 3.63) is 351 Å². The number of alkyl halides is 2. The predicted molar refractivity (Wildman–Crippen MR) is 520 cm³/mol. The van der Waals surface area contributed by atoms with Crippen LogP contribution < -0.4 is 4.74 Å². The third-order valence-corrected chi connectivity index (χ3v) is 28.2. The molecular weight excluding hydrogens is 1750 g/mol. The molecule has 0 aromatic heterocycles. The monoisotopic (exact) mass is 1880 g/mol. The Bertz CT molecular complexity index is 5670. The molecule has 0 saturated heterocycles. The lowest BCUT2D eigenvalue weighted by atomic mass is 9.68. The number of rotatable bonds is 29. The van der Waals surface area contributed by atoms with Crippen molar-refractivity contribution in [2.45, 2.75) is 271 Å². The first kappa shape index (κ1) is 104. The molecule has 136 heavy (non-hydrogen) atoms. The Morgan fingerprint density at radius 2 is 0.551 bits per heavy atom. The molecule has 12 aromatic rings. The lowest BCUT2D eigenvalue weighted by Crippen LogP contribution is -2.25. The smallest absolute Gasteiger partial charge is 0.429 e. The van der Waals surface area contributed by atoms with Gasteiger partial charge in [-0.15, -0.1) is 0 Å². The van der Waals surface area contributed by atoms with Crippen molar-refractivity contribution < 1.29 is 75.0 Å². The highest BCUT2D eigenvalue weighted by molar-refractivity contribution is 5.72. The van der Waals surface area contributed by atoms with Crippen LogP contribution in [-0.2, 0) is 25.4 Å². The molecule has 0 atom stereocenters. The van der Waals surface area contributed by atoms with Gasteiger partial charge in [0.25, 0.3) is 0 Å². The minimum Gasteiger partial charge on any atom is -0.429 e. The van der Waals surface area contributed by atoms with Crippen LogP contribution in [0.4, 0.5) is 70.2 Å². The summed E-state index contributed by atoms with van der Waals surface area (Å²) in [6.07, 6.45) is 35.4. The van der Waals surface area contributed by atoms with Crippen LogP contribution in [0.15, 0.2) is 231 Å². The number of ether oxygens (including phenoxy) is 1. The van der Waals surface area contributed by atoms with E-state index in [0.717, 1.165) is 137 Å². The molecule has 0 spiro atoms. The summed E-state index contributed by atoms with van der Waals surface area (Å²) in [5.41, 5.74) is 13.1. The van der Waals surface area contributed by atoms with Crippen LogP contribution in [0.2, 0.25) is 0 Å². The van der Waals surface area contributed by atoms with E-state index in [4.69, 9.17) is 0 Å². The van der Waals surface area contributed by atoms with Gasteiger partial charge in [0.1, 0.15) is 34.6 Å². The molecule has 4 fully saturated rings. The van der Waals surface area contributed by atoms with E-state index in [1.54, 1.807) is 48.5 Å². The van der Waals surface area contributed by atoms with Gasteiger partial charge < -0.3 is 4.74 Å². The zero-order valence-corrected chi connectivity index (χ0v) is 79.1. The molecule has 1 nitrogen and oxygen atoms in total. The molecule has 0 unspecified atom stereocenters. The highest BCUT2D eigenvalue weighted by Gasteiger charge is 2.42. The average Bonchev–Trinajstić information content (AvgIpc) is 0.780. The van der Waals surface area contributed by atoms with Crippen LogP contribution in [0.1, 0.15) is 284 Å². The van der Waals surface area contributed by atoms with Gasteiger partial charge in [0.05, 0.1) is 0 Å². The van der Waals surface area contributed by atoms with Crippen LogP contribution >= 0.6 is 0 Å². The highest BCUT2D eigenvalue weighted by atomic mass is 19.3. The van der Waals surface area contributed by atoms with Gasteiger partial charge in [0.2, 0.25) is 0 Å². The molecule has 12 aromatic carbocycles. The molecule has 4 aliphatic carbocycles. The summed E-state index contributed by atoms with van der Waals surface area (Å²) in [6, 6.07) is 62.4. The lowest BCUT2D eigenvalue weighted by molar-refractivity contribution is -0.189. The molecule has 16 rings (SSSR count). The van der Waals surface area contributed by atoms with E-state index in [-0.39, 0.29) is 34.6 Å². The highest BCUT2D eigenvalue weighted by Crippen LogP contribution is 2.47. The average molecular weight is 1880 g/mol. The number of aryl methyl sites for hydroxylation is 3. The Morgan fingerprint density at radius 3 is 0.971 bits per heavy atom. The zero-order valence-electron chi connectivity index (χ0n) is 79.1. The van der Waals surface area contributed by atoms with Crippen molar-refractivity contribution in [3.8, 4) is 72.5 Å². The quantitative estimate of drug-likeness (QED) is 0.0258. The predicted octanol–water partition coefficient (Wildman–Crippen LogP) is 38.0. The van der Waals surface area contributed by atoms with E-state index in [9.17, 15) is 70.2 Å². The summed E-state index contributed by atoms with van der Waals surface area (Å²) in [6.45, 7) is 13.2. The second-order valence-corrected chi connectivity index (χ2v) is 37.8. The summed E-state index contributed by atoms with van der Waals surface area (Å²) < 4.78 is 224. The molecule has 17 heteroatoms. The molecule has 0 N–H and O–H groups in total. The Kier molecular flexibility index (Phi) is 39.2. The van der Waals surface area contributed by atoms with E-state index in [2.05, 4.69) is 100 Å². The second-order valence-electron chi connectivity index (χ2n) is 37.8. The standard InChI is InChI=1S/C27H32F4.C26H29F.C23H28F2.C22H15F7O.C21H24F2/c1-2-3-17-4-6-18(7-5-17)19-8-10-20(11-9-19)21-12-13-23(24(28)14-21)22-15-25(29)27(31)26(30)16-22;1-3-5-6-8-21-11-15-23(16-12-21)25-18-17-24(19-26(25)27)22-13-9-20(7-4-2)10-14-22;1-2-3-4-5-17-6-8-18(9-7-17)19-10-12-20(13-11-19)21-14-15-22(24)23(25)16-21;1-2-3-12-4-6-13(7-5-12)14-8-16(23)20(17(24)9-14)22(28,29)30-15-10-18(25)21(27)19(26)11-15;1-2-3-15-4-6-16(7-5-15)17-8-10-18(11-9-17)19-12-13-20(22)21(23)14-19/h12-20H,2-11H2,1H3;9-19H,3-8H2,1-2H3;10-18H,2-9H2,1H3;4-11H,2-3H2,1H3;8-16H,2-7H2,1H3. The first-order valence-electron chi connectivity index (χ1n) is 49.5. The van der Waals surface area contributed by atoms with Gasteiger partial charge in [0.15, 0.2) is 58.2 Å². The summed E-state index contributed by atoms with van der Waals surface area (Å²) in [7, 11) is 0. The Labute approximate surface area is 794 Å². The minimum absolute atomic E-state index is 0.0165. The van der Waals surface area contributed by atoms with Gasteiger partial charge in [-0.2, -0.15) is 8.78 Å². The van der Waals surface area contributed by atoms with Gasteiger partial charge in [-0.25, -0.2) is 61.5 Å². The minimum atomic E-state index is -4.62. The van der Waals surface area contributed by atoms with Gasteiger partial charge in [0, 0.05) is 23.3 Å². The van der Waals surface area contributed by atoms with E-state index in [1.165, 1.54) is 213 Å². The number of hydrogen-bond donors (Lipinski definition) is 0. The molecule has 0 bridgehead atoms. The third kappa shape index (κ3) is 29.0. The van der Waals surface area contributed by atoms with Gasteiger partial charge in [-0.05, 0) is 313 Å². The fourth-order valence-corrected chi connectivity index (χ4v) is 20.4. The maximum atomic E-state index is 14.8. The van der Waals surface area contributed by atoms with Crippen molar-refractivity contribution in [2.75, 3.05) is 0 Å². The third-order valence-electron chi connectivity index (χ3n) is 28.2. The number of unbranched alkanes of at least 4 members (excludes halogenated alkanes) is 4. The molecule has 4 saturated carbocycles. The van der Waals surface area contributed by atoms with Crippen LogP contribution in [0.3, 0.4) is 0 Å². The van der Waals surface area contributed by atoms with Gasteiger partial charge in [-0.1, -0.05) is 289 Å². The van der Waals surface area contributed by atoms with Crippen molar-refractivity contribution in [1.82, 2.24) is 0 Å². The molecule has 0 heterocycles. The first-order valence-corrected chi connectivity index (χ1v) is 49.5. The molecule has 0 aliphatic heterocycles. The Hall–Kier alpha value is -10.7. The molecule has 0 radical (unpaired) electrons. The maximum Gasteiger partial charge on any atom is 0.432 e. The summed E-state index contributed by atoms with van der Waals surface area (Å²) in [4.78, 5) is 0. The van der Waals surface area contributed by atoms with Crippen molar-refractivity contribution in [2.24, 2.45) is 29.6 Å². The fraction of sp³-hybridized carbons (Fsp3) is 0.395. The zero-order chi connectivity index (χ0) is 97.0. The topological polar surface area (TPSA) is 9.23 Å². The normalized spacial score (nSPS) is 18.2. The molecular formula is C119H128F16O. The van der Waals surface area contributed by atoms with Crippen LogP contribution in [0, 0.1) is 111 Å². The van der Waals surface area contributed by atoms with E-state index in [0.29, 0.717) is 41.0 Å². The van der Waals surface area contributed by atoms with Crippen molar-refractivity contribution in [3.63, 3.8) is 0 Å². The molecule has 0 amide bonds. The number of halogens is 16. The van der Waals surface area contributed by atoms with Crippen LogP contribution in [0.5, 0.6) is 5.75 Å². The summed E-state index contributed by atoms with van der Waals surface area (Å²) in [5, 5.41) is 0. The Balaban J connectivity index is 0.000000153. The van der Waals surface area contributed by atoms with Gasteiger partial charge in [-0.3, -0.25) is 0 Å². The first-order chi connectivity index (χ1) is 65.6. The largest absolute Gasteiger partial charge is 0.432 e. The van der Waals surface area contributed by atoms with Crippen molar-refractivity contribution in [1.29, 1.82) is 0 Å². The summed E-state index contributed by atoms with van der Waals surface area (Å²) in [5.74, 6) is -11.8. The second kappa shape index (κ2) is 51.1. The Morgan fingerprint density at radius 1 is 0.235 bits per heavy atom. The summed E-state index contributed by atoms with van der Waals surface area (Å²) >= 11 is 0. The maximum absolute atomic E-state index is 14.8. The SMILES string of the molecule is CCCC1CCC(C2CCC(c3ccc(-c4cc(F)c(F)c(F)c4)c(F)c3)CC2)CC1.CCCC1CCC(c2ccc(-c3ccc(F)c(F)c3)cc2)CC1.CCCCCC1CCC(c2ccc(-c3ccc(F)c(F)c3)cc2)CC1.CCCCCc1ccc(-c2ccc(-c3ccc(CCC)cc3)cc2F)cc1.CCCc1ccc(-c2cc(F)c(C(F)(F)Oc3cc(F)c(F)c(F)c3)c(F)c2)cc1. The fourth-order valence-electron chi connectivity index (χ4n) is 20.4. The number of hydrogen-bond acceptors (Lipinski definition) is 1. The van der Waals surface area contributed by atoms with E-state index >= 15 is 0 Å². The van der Waals surface area contributed by atoms with E-state index < -0.39 is 93.0 Å². The molecule has 722 valence electrons. The van der Waals surface area contributed by atoms with Crippen molar-refractivity contribution >= 4 is 0 Å². The lowest BCUT2D eigenvalue weighted by Gasteiger charge is -2.38. The molecule has 4 aliphatic rings.